The lowest BCUT2D eigenvalue weighted by Gasteiger charge is -2.25. The molecule has 10 heteroatoms. The first-order valence-corrected chi connectivity index (χ1v) is 11.3. The number of morpholine rings is 1. The van der Waals surface area contributed by atoms with Gasteiger partial charge in [0, 0.05) is 19.3 Å². The molecule has 3 aromatic rings. The number of carbonyl (C=O) groups is 1. The van der Waals surface area contributed by atoms with E-state index in [1.165, 1.54) is 16.6 Å². The van der Waals surface area contributed by atoms with Crippen LogP contribution in [0.25, 0.3) is 11.0 Å². The van der Waals surface area contributed by atoms with Crippen molar-refractivity contribution < 1.29 is 17.9 Å². The lowest BCUT2D eigenvalue weighted by molar-refractivity contribution is 0.0730. The largest absolute Gasteiger partial charge is 0.379 e. The fraction of sp³-hybridized carbons (Fsp3) is 0.400. The quantitative estimate of drug-likeness (QED) is 0.552. The molecular weight excluding hydrogens is 406 g/mol. The normalized spacial score (nSPS) is 16.8. The van der Waals surface area contributed by atoms with Crippen LogP contribution in [0.2, 0.25) is 0 Å². The van der Waals surface area contributed by atoms with Crippen LogP contribution >= 0.6 is 0 Å². The first-order chi connectivity index (χ1) is 14.4. The van der Waals surface area contributed by atoms with Crippen LogP contribution in [0.3, 0.4) is 0 Å². The Hall–Kier alpha value is -2.69. The smallest absolute Gasteiger partial charge is 0.268 e. The number of carbonyl (C=O) groups excluding carboxylic acids is 1. The van der Waals surface area contributed by atoms with Gasteiger partial charge in [-0.2, -0.15) is 4.31 Å². The number of fused-ring (bicyclic) bond motifs is 1. The number of imidazole rings is 1. The van der Waals surface area contributed by atoms with Crippen molar-refractivity contribution in [3.05, 3.63) is 48.0 Å². The maximum absolute atomic E-state index is 12.9. The van der Waals surface area contributed by atoms with Gasteiger partial charge in [0.15, 0.2) is 0 Å². The van der Waals surface area contributed by atoms with Crippen LogP contribution in [0, 0.1) is 5.92 Å². The van der Waals surface area contributed by atoms with Crippen molar-refractivity contribution in [3.8, 4) is 0 Å². The Bertz CT molecular complexity index is 1110. The van der Waals surface area contributed by atoms with E-state index in [9.17, 15) is 13.2 Å². The number of benzene rings is 1. The van der Waals surface area contributed by atoms with Gasteiger partial charge in [-0.3, -0.25) is 4.79 Å². The molecule has 1 aliphatic rings. The van der Waals surface area contributed by atoms with E-state index >= 15 is 0 Å². The minimum atomic E-state index is -3.67. The van der Waals surface area contributed by atoms with E-state index in [0.29, 0.717) is 32.1 Å². The van der Waals surface area contributed by atoms with Crippen LogP contribution in [0.15, 0.2) is 41.4 Å². The zero-order chi connectivity index (χ0) is 21.3. The van der Waals surface area contributed by atoms with Crippen LogP contribution in [-0.4, -0.2) is 59.9 Å². The summed E-state index contributed by atoms with van der Waals surface area (Å²) in [6, 6.07) is 8.68. The zero-order valence-corrected chi connectivity index (χ0v) is 17.7. The third-order valence-electron chi connectivity index (χ3n) is 5.16. The third kappa shape index (κ3) is 3.98. The minimum absolute atomic E-state index is 0.0689. The molecule has 1 aliphatic heterocycles. The van der Waals surface area contributed by atoms with E-state index in [2.05, 4.69) is 20.3 Å². The number of hydrogen-bond donors (Lipinski definition) is 3. The Labute approximate surface area is 174 Å². The second-order valence-corrected chi connectivity index (χ2v) is 9.54. The van der Waals surface area contributed by atoms with Gasteiger partial charge in [0.2, 0.25) is 10.0 Å². The summed E-state index contributed by atoms with van der Waals surface area (Å²) in [5.41, 5.74) is 1.90. The fourth-order valence-electron chi connectivity index (χ4n) is 3.48. The highest BCUT2D eigenvalue weighted by molar-refractivity contribution is 7.89. The number of hydrogen-bond acceptors (Lipinski definition) is 5. The van der Waals surface area contributed by atoms with Crippen LogP contribution in [-0.2, 0) is 14.8 Å². The van der Waals surface area contributed by atoms with Crippen molar-refractivity contribution in [2.75, 3.05) is 26.3 Å². The van der Waals surface area contributed by atoms with Gasteiger partial charge in [0.1, 0.15) is 16.4 Å². The van der Waals surface area contributed by atoms with E-state index in [1.807, 2.05) is 38.1 Å². The number of sulfonamides is 1. The van der Waals surface area contributed by atoms with Crippen molar-refractivity contribution in [2.45, 2.75) is 24.8 Å². The molecule has 160 valence electrons. The number of ether oxygens (including phenoxy) is 1. The maximum Gasteiger partial charge on any atom is 0.268 e. The molecule has 1 saturated heterocycles. The van der Waals surface area contributed by atoms with Gasteiger partial charge >= 0.3 is 0 Å². The molecule has 1 unspecified atom stereocenters. The molecule has 0 aliphatic carbocycles. The topological polar surface area (TPSA) is 120 Å². The highest BCUT2D eigenvalue weighted by Gasteiger charge is 2.29. The van der Waals surface area contributed by atoms with Crippen molar-refractivity contribution in [1.29, 1.82) is 0 Å². The van der Waals surface area contributed by atoms with E-state index in [4.69, 9.17) is 4.74 Å². The Morgan fingerprint density at radius 1 is 1.23 bits per heavy atom. The molecule has 4 rings (SSSR count). The standard InChI is InChI=1S/C20H25N5O4S/c1-13(2)18(19-22-15-5-3-4-6-16(15)23-19)24-20(26)17-11-14(12-21-17)30(27,28)25-7-9-29-10-8-25/h3-6,11-13,18,21H,7-10H2,1-2H3,(H,22,23)(H,24,26). The molecule has 1 amide bonds. The van der Waals surface area contributed by atoms with E-state index < -0.39 is 15.9 Å². The van der Waals surface area contributed by atoms with E-state index in [0.717, 1.165) is 11.0 Å². The summed E-state index contributed by atoms with van der Waals surface area (Å²) in [4.78, 5) is 23.6. The molecule has 0 bridgehead atoms. The minimum Gasteiger partial charge on any atom is -0.379 e. The first-order valence-electron chi connectivity index (χ1n) is 9.88. The molecule has 0 spiro atoms. The SMILES string of the molecule is CC(C)C(NC(=O)c1cc(S(=O)(=O)N2CCOCC2)c[nH]1)c1nc2ccccc2[nH]1. The number of nitrogens with zero attached hydrogens (tertiary/aromatic N) is 2. The number of aromatic amines is 2. The maximum atomic E-state index is 12.9. The average molecular weight is 432 g/mol. The summed E-state index contributed by atoms with van der Waals surface area (Å²) in [5.74, 6) is 0.339. The van der Waals surface area contributed by atoms with Crippen LogP contribution in [0.4, 0.5) is 0 Å². The first kappa shape index (κ1) is 20.6. The van der Waals surface area contributed by atoms with Crippen molar-refractivity contribution in [2.24, 2.45) is 5.92 Å². The lowest BCUT2D eigenvalue weighted by Crippen LogP contribution is -2.40. The Morgan fingerprint density at radius 2 is 1.97 bits per heavy atom. The molecule has 2 aromatic heterocycles. The molecule has 3 heterocycles. The van der Waals surface area contributed by atoms with Gasteiger partial charge in [-0.05, 0) is 24.1 Å². The van der Waals surface area contributed by atoms with Gasteiger partial charge in [-0.1, -0.05) is 26.0 Å². The number of para-hydroxylation sites is 2. The number of aromatic nitrogens is 3. The van der Waals surface area contributed by atoms with Gasteiger partial charge in [-0.25, -0.2) is 13.4 Å². The van der Waals surface area contributed by atoms with E-state index in [-0.39, 0.29) is 22.5 Å². The highest BCUT2D eigenvalue weighted by atomic mass is 32.2. The predicted octanol–water partition coefficient (Wildman–Crippen LogP) is 2.04. The number of amides is 1. The second kappa shape index (κ2) is 8.21. The van der Waals surface area contributed by atoms with Gasteiger partial charge < -0.3 is 20.0 Å². The molecule has 1 fully saturated rings. The highest BCUT2D eigenvalue weighted by Crippen LogP contribution is 2.23. The Morgan fingerprint density at radius 3 is 2.67 bits per heavy atom. The Kier molecular flexibility index (Phi) is 5.63. The predicted molar refractivity (Wildman–Crippen MR) is 112 cm³/mol. The van der Waals surface area contributed by atoms with Crippen LogP contribution < -0.4 is 5.32 Å². The van der Waals surface area contributed by atoms with Gasteiger partial charge in [0.25, 0.3) is 5.91 Å². The fourth-order valence-corrected chi connectivity index (χ4v) is 4.88. The summed E-state index contributed by atoms with van der Waals surface area (Å²) < 4.78 is 32.1. The zero-order valence-electron chi connectivity index (χ0n) is 16.9. The third-order valence-corrected chi connectivity index (χ3v) is 7.04. The molecule has 30 heavy (non-hydrogen) atoms. The number of H-pyrrole nitrogens is 2. The molecular formula is C20H25N5O4S. The summed E-state index contributed by atoms with van der Waals surface area (Å²) in [5, 5.41) is 2.96. The van der Waals surface area contributed by atoms with Gasteiger partial charge in [-0.15, -0.1) is 0 Å². The molecule has 1 aromatic carbocycles. The molecule has 0 saturated carbocycles. The summed E-state index contributed by atoms with van der Waals surface area (Å²) >= 11 is 0. The van der Waals surface area contributed by atoms with E-state index in [1.54, 1.807) is 0 Å². The number of nitrogens with one attached hydrogen (secondary N) is 3. The van der Waals surface area contributed by atoms with Crippen LogP contribution in [0.5, 0.6) is 0 Å². The average Bonchev–Trinajstić information content (AvgIpc) is 3.40. The second-order valence-electron chi connectivity index (χ2n) is 7.60. The number of rotatable bonds is 6. The van der Waals surface area contributed by atoms with Gasteiger partial charge in [0.05, 0.1) is 30.3 Å². The van der Waals surface area contributed by atoms with Crippen molar-refractivity contribution in [3.63, 3.8) is 0 Å². The summed E-state index contributed by atoms with van der Waals surface area (Å²) in [6.07, 6.45) is 1.35. The monoisotopic (exact) mass is 431 g/mol. The van der Waals surface area contributed by atoms with Crippen molar-refractivity contribution in [1.82, 2.24) is 24.6 Å². The molecule has 9 nitrogen and oxygen atoms in total. The Balaban J connectivity index is 1.54. The summed E-state index contributed by atoms with van der Waals surface area (Å²) in [6.45, 7) is 5.31. The van der Waals surface area contributed by atoms with Crippen LogP contribution in [0.1, 0.15) is 36.2 Å². The molecule has 3 N–H and O–H groups in total. The molecule has 0 radical (unpaired) electrons. The lowest BCUT2D eigenvalue weighted by atomic mass is 10.0. The summed E-state index contributed by atoms with van der Waals surface area (Å²) in [7, 11) is -3.67. The van der Waals surface area contributed by atoms with Crippen molar-refractivity contribution >= 4 is 27.0 Å². The molecule has 1 atom stereocenters.